The van der Waals surface area contributed by atoms with Gasteiger partial charge in [0.05, 0.1) is 12.5 Å². The summed E-state index contributed by atoms with van der Waals surface area (Å²) in [7, 11) is 0. The lowest BCUT2D eigenvalue weighted by molar-refractivity contribution is -0.129. The Morgan fingerprint density at radius 3 is 3.07 bits per heavy atom. The van der Waals surface area contributed by atoms with Crippen molar-refractivity contribution in [1.82, 2.24) is 5.32 Å². The highest BCUT2D eigenvalue weighted by atomic mass is 79.9. The molecule has 2 unspecified atom stereocenters. The van der Waals surface area contributed by atoms with Crippen LogP contribution in [0.5, 0.6) is 0 Å². The largest absolute Gasteiger partial charge is 0.381 e. The molecule has 1 fully saturated rings. The van der Waals surface area contributed by atoms with Crippen LogP contribution in [0.3, 0.4) is 0 Å². The minimum absolute atomic E-state index is 0.0753. The number of halogens is 1. The van der Waals surface area contributed by atoms with Crippen LogP contribution in [0.2, 0.25) is 0 Å². The van der Waals surface area contributed by atoms with Crippen LogP contribution < -0.4 is 5.32 Å². The molecule has 1 saturated heterocycles. The second-order valence-corrected chi connectivity index (χ2v) is 4.57. The van der Waals surface area contributed by atoms with E-state index in [0.717, 1.165) is 31.3 Å². The molecule has 0 radical (unpaired) electrons. The molecule has 0 aromatic carbocycles. The Kier molecular flexibility index (Phi) is 5.48. The number of amides is 1. The van der Waals surface area contributed by atoms with Crippen LogP contribution in [0.1, 0.15) is 19.8 Å². The van der Waals surface area contributed by atoms with Crippen LogP contribution in [0.15, 0.2) is 0 Å². The molecule has 0 aliphatic carbocycles. The van der Waals surface area contributed by atoms with Crippen molar-refractivity contribution >= 4 is 21.8 Å². The van der Waals surface area contributed by atoms with Gasteiger partial charge in [0, 0.05) is 18.5 Å². The molecule has 0 aromatic heterocycles. The van der Waals surface area contributed by atoms with Crippen LogP contribution in [-0.2, 0) is 9.53 Å². The van der Waals surface area contributed by atoms with Crippen molar-refractivity contribution in [1.29, 1.82) is 0 Å². The van der Waals surface area contributed by atoms with Crippen LogP contribution >= 0.6 is 15.9 Å². The first-order valence-electron chi connectivity index (χ1n) is 5.15. The first-order valence-corrected chi connectivity index (χ1v) is 6.27. The Morgan fingerprint density at radius 2 is 2.50 bits per heavy atom. The van der Waals surface area contributed by atoms with E-state index >= 15 is 0 Å². The van der Waals surface area contributed by atoms with Gasteiger partial charge in [-0.2, -0.15) is 0 Å². The molecular formula is C10H18BrNO2. The van der Waals surface area contributed by atoms with Crippen molar-refractivity contribution in [2.24, 2.45) is 11.8 Å². The van der Waals surface area contributed by atoms with Gasteiger partial charge in [-0.15, -0.1) is 0 Å². The predicted molar refractivity (Wildman–Crippen MR) is 59.5 cm³/mol. The van der Waals surface area contributed by atoms with E-state index in [9.17, 15) is 4.79 Å². The fraction of sp³-hybridized carbons (Fsp3) is 0.900. The molecule has 2 atom stereocenters. The van der Waals surface area contributed by atoms with E-state index < -0.39 is 0 Å². The highest BCUT2D eigenvalue weighted by Gasteiger charge is 2.21. The van der Waals surface area contributed by atoms with E-state index in [1.165, 1.54) is 0 Å². The number of carbonyl (C=O) groups is 1. The summed E-state index contributed by atoms with van der Waals surface area (Å²) >= 11 is 3.38. The van der Waals surface area contributed by atoms with Crippen LogP contribution in [0, 0.1) is 11.8 Å². The van der Waals surface area contributed by atoms with E-state index in [2.05, 4.69) is 28.2 Å². The molecule has 82 valence electrons. The van der Waals surface area contributed by atoms with Gasteiger partial charge in [-0.05, 0) is 18.8 Å². The summed E-state index contributed by atoms with van der Waals surface area (Å²) < 4.78 is 5.27. The normalized spacial score (nSPS) is 24.3. The molecule has 0 saturated carbocycles. The first kappa shape index (κ1) is 12.0. The maximum absolute atomic E-state index is 11.6. The highest BCUT2D eigenvalue weighted by molar-refractivity contribution is 9.09. The third-order valence-corrected chi connectivity index (χ3v) is 3.52. The van der Waals surface area contributed by atoms with Gasteiger partial charge >= 0.3 is 0 Å². The third-order valence-electron chi connectivity index (χ3n) is 2.42. The Morgan fingerprint density at radius 1 is 1.71 bits per heavy atom. The summed E-state index contributed by atoms with van der Waals surface area (Å²) in [6.45, 7) is 4.25. The monoisotopic (exact) mass is 263 g/mol. The van der Waals surface area contributed by atoms with Gasteiger partial charge < -0.3 is 10.1 Å². The molecule has 0 bridgehead atoms. The quantitative estimate of drug-likeness (QED) is 0.782. The van der Waals surface area contributed by atoms with Crippen LogP contribution in [0.4, 0.5) is 0 Å². The van der Waals surface area contributed by atoms with Crippen molar-refractivity contribution in [3.63, 3.8) is 0 Å². The zero-order valence-corrected chi connectivity index (χ0v) is 10.2. The zero-order chi connectivity index (χ0) is 10.4. The lowest BCUT2D eigenvalue weighted by atomic mass is 10.0. The highest BCUT2D eigenvalue weighted by Crippen LogP contribution is 2.13. The van der Waals surface area contributed by atoms with Crippen molar-refractivity contribution in [2.75, 3.05) is 25.1 Å². The third kappa shape index (κ3) is 3.96. The summed E-state index contributed by atoms with van der Waals surface area (Å²) in [6.07, 6.45) is 1.97. The minimum Gasteiger partial charge on any atom is -0.381 e. The Balaban J connectivity index is 2.19. The molecule has 3 nitrogen and oxygen atoms in total. The predicted octanol–water partition coefficient (Wildman–Crippen LogP) is 1.56. The van der Waals surface area contributed by atoms with Crippen LogP contribution in [-0.4, -0.2) is 31.0 Å². The van der Waals surface area contributed by atoms with Gasteiger partial charge in [0.1, 0.15) is 0 Å². The van der Waals surface area contributed by atoms with Crippen LogP contribution in [0.25, 0.3) is 0 Å². The average Bonchev–Trinajstić information content (AvgIpc) is 2.26. The number of rotatable bonds is 4. The minimum atomic E-state index is 0.0753. The second-order valence-electron chi connectivity index (χ2n) is 3.92. The summed E-state index contributed by atoms with van der Waals surface area (Å²) in [6, 6.07) is 0. The molecule has 1 aliphatic heterocycles. The molecule has 4 heteroatoms. The van der Waals surface area contributed by atoms with Gasteiger partial charge in [-0.25, -0.2) is 0 Å². The summed E-state index contributed by atoms with van der Waals surface area (Å²) in [4.78, 5) is 11.6. The maximum atomic E-state index is 11.6. The molecule has 1 rings (SSSR count). The second kappa shape index (κ2) is 6.40. The van der Waals surface area contributed by atoms with E-state index in [1.807, 2.05) is 0 Å². The lowest BCUT2D eigenvalue weighted by Crippen LogP contribution is -2.37. The number of nitrogens with one attached hydrogen (secondary N) is 1. The lowest BCUT2D eigenvalue weighted by Gasteiger charge is -2.21. The molecule has 14 heavy (non-hydrogen) atoms. The molecule has 1 N–H and O–H groups in total. The van der Waals surface area contributed by atoms with Gasteiger partial charge in [-0.1, -0.05) is 22.9 Å². The smallest absolute Gasteiger partial charge is 0.225 e. The van der Waals surface area contributed by atoms with Crippen molar-refractivity contribution < 1.29 is 9.53 Å². The Bertz CT molecular complexity index is 181. The Hall–Kier alpha value is -0.0900. The Labute approximate surface area is 93.7 Å². The summed E-state index contributed by atoms with van der Waals surface area (Å²) in [5, 5.41) is 3.88. The molecule has 1 amide bonds. The van der Waals surface area contributed by atoms with Crippen molar-refractivity contribution in [3.05, 3.63) is 0 Å². The maximum Gasteiger partial charge on any atom is 0.225 e. The number of hydrogen-bond acceptors (Lipinski definition) is 2. The van der Waals surface area contributed by atoms with Crippen molar-refractivity contribution in [3.8, 4) is 0 Å². The number of carbonyl (C=O) groups excluding carboxylic acids is 1. The molecule has 1 heterocycles. The topological polar surface area (TPSA) is 38.3 Å². The molecule has 1 aliphatic rings. The molecular weight excluding hydrogens is 246 g/mol. The van der Waals surface area contributed by atoms with Gasteiger partial charge in [0.25, 0.3) is 0 Å². The van der Waals surface area contributed by atoms with Gasteiger partial charge in [-0.3, -0.25) is 4.79 Å². The van der Waals surface area contributed by atoms with Crippen molar-refractivity contribution in [2.45, 2.75) is 19.8 Å². The number of ether oxygens (including phenoxy) is 1. The van der Waals surface area contributed by atoms with E-state index in [4.69, 9.17) is 4.74 Å². The summed E-state index contributed by atoms with van der Waals surface area (Å²) in [5.41, 5.74) is 0. The first-order chi connectivity index (χ1) is 6.74. The van der Waals surface area contributed by atoms with E-state index in [-0.39, 0.29) is 11.8 Å². The standard InChI is InChI=1S/C10H18BrNO2/c1-8(5-11)6-12-10(13)9-3-2-4-14-7-9/h8-9H,2-7H2,1H3,(H,12,13). The van der Waals surface area contributed by atoms with E-state index in [0.29, 0.717) is 12.5 Å². The molecule has 0 aromatic rings. The number of hydrogen-bond donors (Lipinski definition) is 1. The molecule has 0 spiro atoms. The average molecular weight is 264 g/mol. The fourth-order valence-corrected chi connectivity index (χ4v) is 1.65. The zero-order valence-electron chi connectivity index (χ0n) is 8.59. The fourth-order valence-electron chi connectivity index (χ4n) is 1.42. The van der Waals surface area contributed by atoms with E-state index in [1.54, 1.807) is 0 Å². The van der Waals surface area contributed by atoms with Gasteiger partial charge in [0.15, 0.2) is 0 Å². The van der Waals surface area contributed by atoms with Gasteiger partial charge in [0.2, 0.25) is 5.91 Å². The summed E-state index contributed by atoms with van der Waals surface area (Å²) in [5.74, 6) is 0.715. The number of alkyl halides is 1. The SMILES string of the molecule is CC(CBr)CNC(=O)C1CCCOC1.